The van der Waals surface area contributed by atoms with Gasteiger partial charge in [-0.3, -0.25) is 4.90 Å². The van der Waals surface area contributed by atoms with Crippen molar-refractivity contribution in [3.05, 3.63) is 16.5 Å². The van der Waals surface area contributed by atoms with Gasteiger partial charge in [0.15, 0.2) is 0 Å². The minimum atomic E-state index is -4.11. The number of fused-ring (bicyclic) bond motifs is 1. The lowest BCUT2D eigenvalue weighted by atomic mass is 9.82. The number of hydrogen-bond donors (Lipinski definition) is 2. The van der Waals surface area contributed by atoms with Crippen molar-refractivity contribution in [1.82, 2.24) is 19.9 Å². The predicted octanol–water partition coefficient (Wildman–Crippen LogP) is 3.16. The first-order valence-corrected chi connectivity index (χ1v) is 10.8. The number of aliphatic hydroxyl groups excluding tert-OH is 2. The maximum Gasteiger partial charge on any atom is 0.391 e. The van der Waals surface area contributed by atoms with Crippen molar-refractivity contribution in [2.24, 2.45) is 5.92 Å². The van der Waals surface area contributed by atoms with Crippen LogP contribution in [0.3, 0.4) is 0 Å². The number of piperidine rings is 1. The molecular formula is C19H25F3N4O2S. The van der Waals surface area contributed by atoms with Crippen LogP contribution in [0.2, 0.25) is 0 Å². The number of alkyl halides is 3. The quantitative estimate of drug-likeness (QED) is 0.779. The number of halogens is 3. The Kier molecular flexibility index (Phi) is 5.80. The molecule has 2 aromatic heterocycles. The van der Waals surface area contributed by atoms with Crippen LogP contribution in [0.1, 0.15) is 54.5 Å². The molecule has 160 valence electrons. The number of aliphatic hydroxyl groups is 2. The standard InChI is InChI=1S/C19H25F3N4O2S/c1-10-23-13(8-26-7-6-14(27)15(28)9-26)16-18(24-10)29-17(25-16)11-2-4-12(5-3-11)19(20,21)22/h11-12,14-15,27-28H,2-9H2,1H3/t11-,12-,14-,15-/m1/s1. The molecule has 1 aliphatic carbocycles. The predicted molar refractivity (Wildman–Crippen MR) is 103 cm³/mol. The summed E-state index contributed by atoms with van der Waals surface area (Å²) in [6.45, 7) is 3.32. The molecule has 3 heterocycles. The molecule has 2 aliphatic rings. The Balaban J connectivity index is 1.53. The number of nitrogens with zero attached hydrogens (tertiary/aromatic N) is 4. The Hall–Kier alpha value is -1.36. The van der Waals surface area contributed by atoms with Crippen LogP contribution in [-0.2, 0) is 6.54 Å². The number of β-amino-alcohol motifs (C(OH)–C–C–N with tert-alkyl or cyclic N) is 1. The molecule has 0 bridgehead atoms. The zero-order valence-corrected chi connectivity index (χ0v) is 17.0. The normalized spacial score (nSPS) is 29.4. The van der Waals surface area contributed by atoms with E-state index in [0.717, 1.165) is 15.5 Å². The van der Waals surface area contributed by atoms with Crippen LogP contribution in [0.4, 0.5) is 13.2 Å². The zero-order chi connectivity index (χ0) is 20.8. The van der Waals surface area contributed by atoms with Gasteiger partial charge in [-0.2, -0.15) is 13.2 Å². The molecule has 0 radical (unpaired) electrons. The van der Waals surface area contributed by atoms with Gasteiger partial charge in [-0.05, 0) is 39.0 Å². The molecule has 0 amide bonds. The van der Waals surface area contributed by atoms with Crippen LogP contribution in [0.15, 0.2) is 0 Å². The molecule has 2 atom stereocenters. The van der Waals surface area contributed by atoms with Gasteiger partial charge in [0.1, 0.15) is 16.2 Å². The summed E-state index contributed by atoms with van der Waals surface area (Å²) in [5.41, 5.74) is 1.47. The van der Waals surface area contributed by atoms with Gasteiger partial charge >= 0.3 is 6.18 Å². The second-order valence-electron chi connectivity index (χ2n) is 8.17. The van der Waals surface area contributed by atoms with E-state index in [1.165, 1.54) is 11.3 Å². The van der Waals surface area contributed by atoms with Gasteiger partial charge in [0.05, 0.1) is 28.8 Å². The molecular weight excluding hydrogens is 405 g/mol. The Morgan fingerprint density at radius 1 is 1.03 bits per heavy atom. The molecule has 0 spiro atoms. The zero-order valence-electron chi connectivity index (χ0n) is 16.2. The third kappa shape index (κ3) is 4.55. The van der Waals surface area contributed by atoms with Crippen LogP contribution >= 0.6 is 11.3 Å². The number of thiazole rings is 1. The molecule has 2 aromatic rings. The van der Waals surface area contributed by atoms with E-state index in [9.17, 15) is 23.4 Å². The van der Waals surface area contributed by atoms with E-state index >= 15 is 0 Å². The summed E-state index contributed by atoms with van der Waals surface area (Å²) in [7, 11) is 0. The number of aryl methyl sites for hydroxylation is 1. The van der Waals surface area contributed by atoms with Gasteiger partial charge in [0, 0.05) is 25.6 Å². The number of likely N-dealkylation sites (tertiary alicyclic amines) is 1. The maximum absolute atomic E-state index is 12.9. The van der Waals surface area contributed by atoms with Crippen molar-refractivity contribution in [1.29, 1.82) is 0 Å². The minimum absolute atomic E-state index is 0.0351. The summed E-state index contributed by atoms with van der Waals surface area (Å²) in [6, 6.07) is 0. The van der Waals surface area contributed by atoms with Gasteiger partial charge < -0.3 is 10.2 Å². The smallest absolute Gasteiger partial charge is 0.390 e. The second kappa shape index (κ2) is 8.05. The molecule has 10 heteroatoms. The van der Waals surface area contributed by atoms with Crippen LogP contribution < -0.4 is 0 Å². The fourth-order valence-corrected chi connectivity index (χ4v) is 5.48. The maximum atomic E-state index is 12.9. The lowest BCUT2D eigenvalue weighted by molar-refractivity contribution is -0.182. The fraction of sp³-hybridized carbons (Fsp3) is 0.737. The molecule has 6 nitrogen and oxygen atoms in total. The molecule has 4 rings (SSSR count). The molecule has 1 saturated heterocycles. The van der Waals surface area contributed by atoms with Gasteiger partial charge in [0.25, 0.3) is 0 Å². The van der Waals surface area contributed by atoms with E-state index in [4.69, 9.17) is 4.98 Å². The summed E-state index contributed by atoms with van der Waals surface area (Å²) in [5.74, 6) is -0.541. The van der Waals surface area contributed by atoms with E-state index in [1.54, 1.807) is 0 Å². The SMILES string of the molecule is Cc1nc(CN2CC[C@@H](O)[C@H](O)C2)c2nc([C@H]3CC[C@H](C(F)(F)F)CC3)sc2n1. The van der Waals surface area contributed by atoms with Gasteiger partial charge in [-0.1, -0.05) is 11.3 Å². The first-order chi connectivity index (χ1) is 13.7. The summed E-state index contributed by atoms with van der Waals surface area (Å²) in [5, 5.41) is 20.5. The Labute approximate surface area is 170 Å². The summed E-state index contributed by atoms with van der Waals surface area (Å²) in [4.78, 5) is 16.6. The van der Waals surface area contributed by atoms with Crippen molar-refractivity contribution in [2.45, 2.75) is 69.9 Å². The average Bonchev–Trinajstić information content (AvgIpc) is 3.08. The lowest BCUT2D eigenvalue weighted by Crippen LogP contribution is -2.46. The highest BCUT2D eigenvalue weighted by Crippen LogP contribution is 2.44. The lowest BCUT2D eigenvalue weighted by Gasteiger charge is -2.33. The van der Waals surface area contributed by atoms with E-state index in [0.29, 0.717) is 50.2 Å². The van der Waals surface area contributed by atoms with Crippen molar-refractivity contribution in [2.75, 3.05) is 13.1 Å². The van der Waals surface area contributed by atoms with E-state index in [2.05, 4.69) is 9.97 Å². The average molecular weight is 430 g/mol. The minimum Gasteiger partial charge on any atom is -0.390 e. The third-order valence-electron chi connectivity index (χ3n) is 6.00. The molecule has 0 aromatic carbocycles. The first-order valence-electron chi connectivity index (χ1n) is 10.00. The molecule has 1 saturated carbocycles. The van der Waals surface area contributed by atoms with Crippen molar-refractivity contribution in [3.8, 4) is 0 Å². The van der Waals surface area contributed by atoms with Crippen molar-refractivity contribution < 1.29 is 23.4 Å². The Morgan fingerprint density at radius 3 is 2.41 bits per heavy atom. The topological polar surface area (TPSA) is 82.4 Å². The second-order valence-corrected chi connectivity index (χ2v) is 9.18. The summed E-state index contributed by atoms with van der Waals surface area (Å²) in [6.07, 6.45) is -3.82. The highest BCUT2D eigenvalue weighted by Gasteiger charge is 2.42. The summed E-state index contributed by atoms with van der Waals surface area (Å²) < 4.78 is 38.8. The Bertz CT molecular complexity index is 867. The van der Waals surface area contributed by atoms with E-state index < -0.39 is 24.3 Å². The first kappa shape index (κ1) is 20.9. The highest BCUT2D eigenvalue weighted by molar-refractivity contribution is 7.18. The molecule has 1 aliphatic heterocycles. The van der Waals surface area contributed by atoms with Gasteiger partial charge in [-0.15, -0.1) is 0 Å². The van der Waals surface area contributed by atoms with Gasteiger partial charge in [-0.25, -0.2) is 15.0 Å². The van der Waals surface area contributed by atoms with Gasteiger partial charge in [0.2, 0.25) is 0 Å². The van der Waals surface area contributed by atoms with Crippen LogP contribution in [-0.4, -0.2) is 61.5 Å². The van der Waals surface area contributed by atoms with Crippen molar-refractivity contribution in [3.63, 3.8) is 0 Å². The largest absolute Gasteiger partial charge is 0.391 e. The van der Waals surface area contributed by atoms with Crippen LogP contribution in [0.5, 0.6) is 0 Å². The fourth-order valence-electron chi connectivity index (χ4n) is 4.30. The molecule has 2 N–H and O–H groups in total. The molecule has 0 unspecified atom stereocenters. The van der Waals surface area contributed by atoms with E-state index in [1.807, 2.05) is 11.8 Å². The number of hydrogen-bond acceptors (Lipinski definition) is 7. The Morgan fingerprint density at radius 2 is 1.76 bits per heavy atom. The van der Waals surface area contributed by atoms with E-state index in [-0.39, 0.29) is 18.8 Å². The highest BCUT2D eigenvalue weighted by atomic mass is 32.1. The van der Waals surface area contributed by atoms with Crippen LogP contribution in [0, 0.1) is 12.8 Å². The molecule has 29 heavy (non-hydrogen) atoms. The molecule has 2 fully saturated rings. The number of rotatable bonds is 3. The van der Waals surface area contributed by atoms with Crippen molar-refractivity contribution >= 4 is 21.7 Å². The number of aromatic nitrogens is 3. The monoisotopic (exact) mass is 430 g/mol. The third-order valence-corrected chi connectivity index (χ3v) is 7.11. The van der Waals surface area contributed by atoms with Crippen LogP contribution in [0.25, 0.3) is 10.3 Å². The summed E-state index contributed by atoms with van der Waals surface area (Å²) >= 11 is 1.45.